The largest absolute Gasteiger partial charge is 0.507 e. The van der Waals surface area contributed by atoms with Crippen LogP contribution >= 0.6 is 24.8 Å². The SMILES string of the molecule is Cl.Cl.Oc1cccc2c1C1=C3C4=CN=C3C=CC1(C=C2)C4. The summed E-state index contributed by atoms with van der Waals surface area (Å²) in [5, 5.41) is 10.3. The molecule has 1 aromatic carbocycles. The fourth-order valence-electron chi connectivity index (χ4n) is 3.76. The highest BCUT2D eigenvalue weighted by atomic mass is 35.5. The Morgan fingerprint density at radius 3 is 2.76 bits per heavy atom. The van der Waals surface area contributed by atoms with Gasteiger partial charge in [0.15, 0.2) is 0 Å². The Hall–Kier alpha value is -1.77. The summed E-state index contributed by atoms with van der Waals surface area (Å²) >= 11 is 0. The van der Waals surface area contributed by atoms with E-state index in [1.165, 1.54) is 16.7 Å². The van der Waals surface area contributed by atoms with E-state index >= 15 is 0 Å². The lowest BCUT2D eigenvalue weighted by Crippen LogP contribution is -2.20. The summed E-state index contributed by atoms with van der Waals surface area (Å²) in [5.74, 6) is 0.372. The summed E-state index contributed by atoms with van der Waals surface area (Å²) in [7, 11) is 0. The van der Waals surface area contributed by atoms with E-state index in [-0.39, 0.29) is 30.2 Å². The van der Waals surface area contributed by atoms with Crippen molar-refractivity contribution in [2.75, 3.05) is 0 Å². The number of fused-ring (bicyclic) bond motifs is 1. The normalized spacial score (nSPS) is 25.5. The van der Waals surface area contributed by atoms with Crippen LogP contribution in [0.1, 0.15) is 17.5 Å². The first-order chi connectivity index (χ1) is 9.28. The number of aliphatic imine (C=N–C) groups is 1. The van der Waals surface area contributed by atoms with Gasteiger partial charge >= 0.3 is 0 Å². The third-order valence-electron chi connectivity index (χ3n) is 4.56. The molecule has 4 aliphatic rings. The quantitative estimate of drug-likeness (QED) is 0.759. The minimum absolute atomic E-state index is 0. The van der Waals surface area contributed by atoms with Crippen molar-refractivity contribution in [3.63, 3.8) is 0 Å². The van der Waals surface area contributed by atoms with Gasteiger partial charge in [-0.25, -0.2) is 0 Å². The molecule has 2 nitrogen and oxygen atoms in total. The zero-order valence-electron chi connectivity index (χ0n) is 11.0. The maximum absolute atomic E-state index is 10.3. The van der Waals surface area contributed by atoms with Crippen molar-refractivity contribution in [2.24, 2.45) is 10.4 Å². The third kappa shape index (κ3) is 1.52. The second-order valence-electron chi connectivity index (χ2n) is 5.54. The molecule has 1 atom stereocenters. The van der Waals surface area contributed by atoms with Crippen LogP contribution < -0.4 is 0 Å². The van der Waals surface area contributed by atoms with E-state index in [2.05, 4.69) is 35.4 Å². The van der Waals surface area contributed by atoms with Crippen molar-refractivity contribution in [3.8, 4) is 5.75 Å². The van der Waals surface area contributed by atoms with Crippen LogP contribution in [0.2, 0.25) is 0 Å². The van der Waals surface area contributed by atoms with E-state index in [0.717, 1.165) is 23.3 Å². The van der Waals surface area contributed by atoms with Crippen LogP contribution in [0.3, 0.4) is 0 Å². The number of phenols is 1. The average Bonchev–Trinajstić information content (AvgIpc) is 2.89. The lowest BCUT2D eigenvalue weighted by molar-refractivity contribution is 0.471. The molecule has 5 rings (SSSR count). The number of rotatable bonds is 0. The van der Waals surface area contributed by atoms with Gasteiger partial charge in [-0.15, -0.1) is 24.8 Å². The number of allylic oxidation sites excluding steroid dienone is 6. The van der Waals surface area contributed by atoms with Crippen LogP contribution in [0.25, 0.3) is 11.6 Å². The number of halogens is 2. The van der Waals surface area contributed by atoms with E-state index in [1.54, 1.807) is 6.07 Å². The first-order valence-corrected chi connectivity index (χ1v) is 6.52. The van der Waals surface area contributed by atoms with Gasteiger partial charge in [-0.05, 0) is 35.3 Å². The molecular formula is C17H13Cl2NO. The molecule has 21 heavy (non-hydrogen) atoms. The molecule has 1 unspecified atom stereocenters. The first kappa shape index (κ1) is 14.2. The minimum atomic E-state index is -0.0631. The lowest BCUT2D eigenvalue weighted by atomic mass is 9.70. The summed E-state index contributed by atoms with van der Waals surface area (Å²) in [6, 6.07) is 5.73. The molecule has 3 aliphatic carbocycles. The van der Waals surface area contributed by atoms with Gasteiger partial charge in [0.2, 0.25) is 0 Å². The number of phenolic OH excluding ortho intramolecular Hbond substituents is 1. The predicted octanol–water partition coefficient (Wildman–Crippen LogP) is 4.31. The molecule has 0 saturated heterocycles. The third-order valence-corrected chi connectivity index (χ3v) is 4.56. The first-order valence-electron chi connectivity index (χ1n) is 6.52. The monoisotopic (exact) mass is 317 g/mol. The molecular weight excluding hydrogens is 305 g/mol. The summed E-state index contributed by atoms with van der Waals surface area (Å²) < 4.78 is 0. The van der Waals surface area contributed by atoms with Crippen LogP contribution in [-0.2, 0) is 0 Å². The van der Waals surface area contributed by atoms with Crippen molar-refractivity contribution < 1.29 is 5.11 Å². The number of hydrogen-bond donors (Lipinski definition) is 1. The van der Waals surface area contributed by atoms with Crippen molar-refractivity contribution in [1.29, 1.82) is 0 Å². The topological polar surface area (TPSA) is 32.6 Å². The Kier molecular flexibility index (Phi) is 2.94. The van der Waals surface area contributed by atoms with Crippen LogP contribution in [0.4, 0.5) is 0 Å². The lowest BCUT2D eigenvalue weighted by Gasteiger charge is -2.33. The van der Waals surface area contributed by atoms with E-state index in [9.17, 15) is 5.11 Å². The number of nitrogens with zero attached hydrogens (tertiary/aromatic N) is 1. The fourth-order valence-corrected chi connectivity index (χ4v) is 3.76. The smallest absolute Gasteiger partial charge is 0.123 e. The zero-order valence-corrected chi connectivity index (χ0v) is 12.7. The molecule has 1 heterocycles. The molecule has 1 N–H and O–H groups in total. The van der Waals surface area contributed by atoms with E-state index in [0.29, 0.717) is 5.75 Å². The molecule has 0 amide bonds. The molecule has 1 aliphatic heterocycles. The second-order valence-corrected chi connectivity index (χ2v) is 5.54. The Bertz CT molecular complexity index is 814. The predicted molar refractivity (Wildman–Crippen MR) is 90.3 cm³/mol. The molecule has 2 bridgehead atoms. The van der Waals surface area contributed by atoms with Crippen molar-refractivity contribution in [1.82, 2.24) is 0 Å². The Labute approximate surface area is 135 Å². The second kappa shape index (κ2) is 4.36. The van der Waals surface area contributed by atoms with Gasteiger partial charge in [0, 0.05) is 22.8 Å². The van der Waals surface area contributed by atoms with Gasteiger partial charge < -0.3 is 5.11 Å². The van der Waals surface area contributed by atoms with Crippen LogP contribution in [-0.4, -0.2) is 10.8 Å². The van der Waals surface area contributed by atoms with Gasteiger partial charge in [-0.3, -0.25) is 4.99 Å². The van der Waals surface area contributed by atoms with E-state index in [1.807, 2.05) is 12.3 Å². The van der Waals surface area contributed by atoms with Gasteiger partial charge in [0.25, 0.3) is 0 Å². The van der Waals surface area contributed by atoms with Gasteiger partial charge in [-0.2, -0.15) is 0 Å². The number of hydrogen-bond acceptors (Lipinski definition) is 2. The van der Waals surface area contributed by atoms with Crippen molar-refractivity contribution in [3.05, 3.63) is 64.9 Å². The van der Waals surface area contributed by atoms with Crippen LogP contribution in [0.15, 0.2) is 58.8 Å². The fraction of sp³-hybridized carbons (Fsp3) is 0.118. The minimum Gasteiger partial charge on any atom is -0.507 e. The Balaban J connectivity index is 0.000000661. The molecule has 0 saturated carbocycles. The Morgan fingerprint density at radius 1 is 1.10 bits per heavy atom. The molecule has 0 aromatic heterocycles. The highest BCUT2D eigenvalue weighted by Crippen LogP contribution is 2.60. The highest BCUT2D eigenvalue weighted by molar-refractivity contribution is 6.23. The molecule has 106 valence electrons. The molecule has 1 aromatic rings. The summed E-state index contributed by atoms with van der Waals surface area (Å²) in [6.07, 6.45) is 11.7. The number of aromatic hydroxyl groups is 1. The molecule has 0 radical (unpaired) electrons. The van der Waals surface area contributed by atoms with E-state index < -0.39 is 0 Å². The average molecular weight is 318 g/mol. The maximum Gasteiger partial charge on any atom is 0.123 e. The molecule has 4 heteroatoms. The molecule has 0 spiro atoms. The van der Waals surface area contributed by atoms with Crippen molar-refractivity contribution >= 4 is 42.2 Å². The number of benzene rings is 1. The van der Waals surface area contributed by atoms with Crippen LogP contribution in [0, 0.1) is 5.41 Å². The standard InChI is InChI=1S/C17H11NO.2ClH/c19-13-3-1-2-10-4-6-17-7-5-12-14(16(17)15(10)13)11(8-17)9-18-12;;/h1-7,9,19H,8H2;2*1H. The van der Waals surface area contributed by atoms with Crippen molar-refractivity contribution in [2.45, 2.75) is 6.42 Å². The van der Waals surface area contributed by atoms with Gasteiger partial charge in [0.1, 0.15) is 5.75 Å². The highest BCUT2D eigenvalue weighted by Gasteiger charge is 2.47. The van der Waals surface area contributed by atoms with E-state index in [4.69, 9.17) is 0 Å². The summed E-state index contributed by atoms with van der Waals surface area (Å²) in [4.78, 5) is 4.47. The molecule has 0 fully saturated rings. The van der Waals surface area contributed by atoms with Crippen LogP contribution in [0.5, 0.6) is 5.75 Å². The maximum atomic E-state index is 10.3. The van der Waals surface area contributed by atoms with Gasteiger partial charge in [-0.1, -0.05) is 30.4 Å². The van der Waals surface area contributed by atoms with Gasteiger partial charge in [0.05, 0.1) is 5.71 Å². The summed E-state index contributed by atoms with van der Waals surface area (Å²) in [5.41, 5.74) is 6.86. The summed E-state index contributed by atoms with van der Waals surface area (Å²) in [6.45, 7) is 0. The zero-order chi connectivity index (χ0) is 12.6. The Morgan fingerprint density at radius 2 is 1.90 bits per heavy atom.